The van der Waals surface area contributed by atoms with Crippen LogP contribution in [0.3, 0.4) is 0 Å². The minimum atomic E-state index is -5.34. The Balaban J connectivity index is 5.94. The molecule has 0 saturated heterocycles. The smallest absolute Gasteiger partial charge is 0.340 e. The molecule has 0 rings (SSSR count). The van der Waals surface area contributed by atoms with Gasteiger partial charge in [0.05, 0.1) is 0 Å². The third kappa shape index (κ3) is 4.95. The predicted molar refractivity (Wildman–Crippen MR) is 64.1 cm³/mol. The first-order valence-electron chi connectivity index (χ1n) is 5.10. The first kappa shape index (κ1) is 19.2. The first-order valence-corrected chi connectivity index (χ1v) is 8.46. The predicted octanol–water partition coefficient (Wildman–Crippen LogP) is -1.79. The van der Waals surface area contributed by atoms with Crippen LogP contribution in [0.15, 0.2) is 0 Å². The summed E-state index contributed by atoms with van der Waals surface area (Å²) < 4.78 is 22.3. The van der Waals surface area contributed by atoms with E-state index in [2.05, 4.69) is 0 Å². The normalized spacial score (nSPS) is 17.2. The lowest BCUT2D eigenvalue weighted by atomic mass is 9.96. The van der Waals surface area contributed by atoms with Crippen molar-refractivity contribution in [1.82, 2.24) is 0 Å². The van der Waals surface area contributed by atoms with Crippen LogP contribution in [0.4, 0.5) is 0 Å². The maximum Gasteiger partial charge on any atom is 0.340 e. The first-order chi connectivity index (χ1) is 8.84. The molecule has 20 heavy (non-hydrogen) atoms. The molecule has 2 atom stereocenters. The molecule has 0 aliphatic rings. The summed E-state index contributed by atoms with van der Waals surface area (Å²) in [4.78, 5) is 57.8. The van der Waals surface area contributed by atoms with Gasteiger partial charge in [0.25, 0.3) is 0 Å². The Hall–Kier alpha value is -0.800. The van der Waals surface area contributed by atoms with Gasteiger partial charge in [0, 0.05) is 5.92 Å². The van der Waals surface area contributed by atoms with Gasteiger partial charge in [-0.25, -0.2) is 0 Å². The molecule has 8 N–H and O–H groups in total. The van der Waals surface area contributed by atoms with Crippen LogP contribution in [-0.4, -0.2) is 59.6 Å². The standard InChI is InChI=1S/C7H15NO10P2/c8-2-1-3(4(6(9)10)19(13,14)15)5(7(11)12)20(16,17)18/h3-5H,1-2,8H2,(H,9,10)(H,11,12)(H2,13,14,15)(H2,16,17,18). The van der Waals surface area contributed by atoms with E-state index in [0.29, 0.717) is 0 Å². The maximum absolute atomic E-state index is 11.2. The van der Waals surface area contributed by atoms with Gasteiger partial charge in [0.15, 0.2) is 11.3 Å². The van der Waals surface area contributed by atoms with Crippen LogP contribution in [0.25, 0.3) is 0 Å². The zero-order valence-corrected chi connectivity index (χ0v) is 11.7. The second-order valence-electron chi connectivity index (χ2n) is 3.99. The van der Waals surface area contributed by atoms with Gasteiger partial charge in [0.2, 0.25) is 0 Å². The van der Waals surface area contributed by atoms with Gasteiger partial charge < -0.3 is 35.5 Å². The highest BCUT2D eigenvalue weighted by atomic mass is 31.2. The summed E-state index contributed by atoms with van der Waals surface area (Å²) in [5.41, 5.74) is -0.0392. The van der Waals surface area contributed by atoms with E-state index >= 15 is 0 Å². The van der Waals surface area contributed by atoms with Crippen molar-refractivity contribution >= 4 is 27.1 Å². The molecule has 0 spiro atoms. The summed E-state index contributed by atoms with van der Waals surface area (Å²) >= 11 is 0. The van der Waals surface area contributed by atoms with Crippen molar-refractivity contribution in [3.8, 4) is 0 Å². The van der Waals surface area contributed by atoms with Gasteiger partial charge in [-0.05, 0) is 13.0 Å². The minimum absolute atomic E-state index is 0.405. The third-order valence-corrected chi connectivity index (χ3v) is 5.20. The fraction of sp³-hybridized carbons (Fsp3) is 0.714. The summed E-state index contributed by atoms with van der Waals surface area (Å²) in [7, 11) is -10.7. The van der Waals surface area contributed by atoms with Crippen molar-refractivity contribution in [3.63, 3.8) is 0 Å². The SMILES string of the molecule is NCCC(C(C(=O)O)P(=O)(O)O)C(C(=O)O)P(=O)(O)O. The molecule has 0 aliphatic heterocycles. The second-order valence-corrected chi connectivity index (χ2v) is 7.45. The summed E-state index contributed by atoms with van der Waals surface area (Å²) in [6.45, 7) is -0.405. The molecule has 0 aromatic heterocycles. The van der Waals surface area contributed by atoms with E-state index in [1.54, 1.807) is 0 Å². The molecule has 0 heterocycles. The van der Waals surface area contributed by atoms with E-state index in [1.165, 1.54) is 0 Å². The van der Waals surface area contributed by atoms with Crippen LogP contribution in [0.2, 0.25) is 0 Å². The van der Waals surface area contributed by atoms with Gasteiger partial charge in [-0.1, -0.05) is 0 Å². The molecule has 13 heteroatoms. The average Bonchev–Trinajstić information content (AvgIpc) is 2.11. The zero-order chi connectivity index (χ0) is 16.3. The van der Waals surface area contributed by atoms with Crippen molar-refractivity contribution in [2.45, 2.75) is 17.7 Å². The molecule has 0 radical (unpaired) electrons. The highest BCUT2D eigenvalue weighted by Gasteiger charge is 2.53. The number of carboxylic acid groups (broad SMARTS) is 2. The molecule has 11 nitrogen and oxygen atoms in total. The van der Waals surface area contributed by atoms with Crippen LogP contribution in [0.5, 0.6) is 0 Å². The maximum atomic E-state index is 11.2. The molecule has 0 bridgehead atoms. The highest BCUT2D eigenvalue weighted by molar-refractivity contribution is 7.55. The van der Waals surface area contributed by atoms with Crippen LogP contribution < -0.4 is 5.73 Å². The van der Waals surface area contributed by atoms with Crippen LogP contribution in [-0.2, 0) is 18.7 Å². The van der Waals surface area contributed by atoms with Crippen molar-refractivity contribution in [2.75, 3.05) is 6.54 Å². The van der Waals surface area contributed by atoms with E-state index in [0.717, 1.165) is 0 Å². The Morgan fingerprint density at radius 1 is 0.900 bits per heavy atom. The number of hydrogen-bond acceptors (Lipinski definition) is 5. The lowest BCUT2D eigenvalue weighted by Gasteiger charge is -2.29. The molecule has 0 aliphatic carbocycles. The number of hydrogen-bond donors (Lipinski definition) is 7. The van der Waals surface area contributed by atoms with E-state index < -0.39 is 57.3 Å². The van der Waals surface area contributed by atoms with E-state index in [4.69, 9.17) is 35.5 Å². The molecule has 0 aromatic carbocycles. The van der Waals surface area contributed by atoms with Crippen molar-refractivity contribution in [3.05, 3.63) is 0 Å². The van der Waals surface area contributed by atoms with Crippen LogP contribution in [0.1, 0.15) is 6.42 Å². The molecule has 0 saturated carbocycles. The Labute approximate surface area is 112 Å². The van der Waals surface area contributed by atoms with Gasteiger partial charge in [0.1, 0.15) is 0 Å². The summed E-state index contributed by atoms with van der Waals surface area (Å²) in [5.74, 6) is -6.13. The fourth-order valence-electron chi connectivity index (χ4n) is 1.83. The molecular formula is C7H15NO10P2. The number of carbonyl (C=O) groups is 2. The van der Waals surface area contributed by atoms with Crippen molar-refractivity contribution < 1.29 is 48.5 Å². The quantitative estimate of drug-likeness (QED) is 0.246. The van der Waals surface area contributed by atoms with Gasteiger partial charge in [-0.2, -0.15) is 0 Å². The molecule has 118 valence electrons. The van der Waals surface area contributed by atoms with E-state index in [9.17, 15) is 18.7 Å². The Kier molecular flexibility index (Phi) is 6.50. The number of aliphatic carboxylic acids is 2. The van der Waals surface area contributed by atoms with Crippen LogP contribution >= 0.6 is 15.2 Å². The number of rotatable bonds is 8. The molecule has 0 fully saturated rings. The monoisotopic (exact) mass is 335 g/mol. The lowest BCUT2D eigenvalue weighted by Crippen LogP contribution is -2.42. The average molecular weight is 335 g/mol. The Morgan fingerprint density at radius 2 is 1.20 bits per heavy atom. The summed E-state index contributed by atoms with van der Waals surface area (Å²) in [5, 5.41) is 17.6. The summed E-state index contributed by atoms with van der Waals surface area (Å²) in [6.07, 6.45) is -0.593. The largest absolute Gasteiger partial charge is 0.481 e. The van der Waals surface area contributed by atoms with E-state index in [1.807, 2.05) is 0 Å². The molecule has 0 aromatic rings. The second kappa shape index (κ2) is 6.77. The van der Waals surface area contributed by atoms with Gasteiger partial charge in [-0.15, -0.1) is 0 Å². The van der Waals surface area contributed by atoms with Crippen LogP contribution in [0, 0.1) is 5.92 Å². The molecular weight excluding hydrogens is 320 g/mol. The van der Waals surface area contributed by atoms with Gasteiger partial charge >= 0.3 is 27.1 Å². The highest BCUT2D eigenvalue weighted by Crippen LogP contribution is 2.54. The zero-order valence-electron chi connectivity index (χ0n) is 9.93. The van der Waals surface area contributed by atoms with Gasteiger partial charge in [-0.3, -0.25) is 18.7 Å². The minimum Gasteiger partial charge on any atom is -0.481 e. The third-order valence-electron chi connectivity index (χ3n) is 2.54. The number of nitrogens with two attached hydrogens (primary N) is 1. The Morgan fingerprint density at radius 3 is 1.35 bits per heavy atom. The molecule has 0 amide bonds. The topological polar surface area (TPSA) is 216 Å². The summed E-state index contributed by atoms with van der Waals surface area (Å²) in [6, 6.07) is 0. The molecule has 2 unspecified atom stereocenters. The fourth-order valence-corrected chi connectivity index (χ4v) is 4.19. The van der Waals surface area contributed by atoms with Crippen molar-refractivity contribution in [2.24, 2.45) is 11.7 Å². The Bertz CT molecular complexity index is 426. The van der Waals surface area contributed by atoms with Crippen molar-refractivity contribution in [1.29, 1.82) is 0 Å². The van der Waals surface area contributed by atoms with E-state index in [-0.39, 0.29) is 0 Å². The number of carboxylic acids is 2. The lowest BCUT2D eigenvalue weighted by molar-refractivity contribution is -0.140.